The lowest BCUT2D eigenvalue weighted by molar-refractivity contribution is -0.0277. The lowest BCUT2D eigenvalue weighted by atomic mass is 9.80. The molecule has 10 rings (SSSR count). The number of ether oxygens (including phenoxy) is 5. The zero-order valence-corrected chi connectivity index (χ0v) is 31.8. The third kappa shape index (κ3) is 5.93. The molecule has 0 aliphatic carbocycles. The van der Waals surface area contributed by atoms with Crippen LogP contribution in [0.1, 0.15) is 36.1 Å². The number of pyridine rings is 1. The highest BCUT2D eigenvalue weighted by atomic mass is 79.9. The summed E-state index contributed by atoms with van der Waals surface area (Å²) >= 11 is 3.41. The van der Waals surface area contributed by atoms with Crippen LogP contribution in [0.3, 0.4) is 0 Å². The first-order chi connectivity index (χ1) is 26.8. The minimum atomic E-state index is -1.03. The largest absolute Gasteiger partial charge is 0.508 e. The summed E-state index contributed by atoms with van der Waals surface area (Å²) in [5.74, 6) is -0.140. The number of nitrogens with zero attached hydrogens (tertiary/aromatic N) is 4. The third-order valence-corrected chi connectivity index (χ3v) is 10.9. The Bertz CT molecular complexity index is 2490. The van der Waals surface area contributed by atoms with Crippen molar-refractivity contribution in [3.8, 4) is 39.9 Å². The molecule has 1 saturated heterocycles. The third-order valence-electron chi connectivity index (χ3n) is 10.4. The van der Waals surface area contributed by atoms with Crippen LogP contribution in [0.25, 0.3) is 11.1 Å². The Balaban J connectivity index is 0.000000161. The molecule has 5 N–H and O–H groups in total. The maximum atomic E-state index is 15.5. The molecule has 5 aliphatic rings. The Morgan fingerprint density at radius 3 is 2.04 bits per heavy atom. The molecular weight excluding hydrogens is 790 g/mol. The summed E-state index contributed by atoms with van der Waals surface area (Å²) in [7, 11) is 0. The average molecular weight is 826 g/mol. The number of aromatic hydroxyl groups is 1. The summed E-state index contributed by atoms with van der Waals surface area (Å²) in [6.07, 6.45) is 3.53. The van der Waals surface area contributed by atoms with E-state index in [0.717, 1.165) is 32.9 Å². The van der Waals surface area contributed by atoms with Crippen LogP contribution >= 0.6 is 15.9 Å². The van der Waals surface area contributed by atoms with Gasteiger partial charge in [-0.15, -0.1) is 0 Å². The van der Waals surface area contributed by atoms with Gasteiger partial charge in [0, 0.05) is 75.6 Å². The van der Waals surface area contributed by atoms with Gasteiger partial charge in [-0.1, -0.05) is 28.1 Å². The van der Waals surface area contributed by atoms with Gasteiger partial charge in [0.1, 0.15) is 30.5 Å². The van der Waals surface area contributed by atoms with E-state index in [0.29, 0.717) is 47.9 Å². The van der Waals surface area contributed by atoms with Gasteiger partial charge in [-0.3, -0.25) is 4.98 Å². The van der Waals surface area contributed by atoms with Crippen molar-refractivity contribution in [3.05, 3.63) is 124 Å². The van der Waals surface area contributed by atoms with E-state index in [1.165, 1.54) is 12.1 Å². The summed E-state index contributed by atoms with van der Waals surface area (Å²) in [6.45, 7) is 6.22. The van der Waals surface area contributed by atoms with Crippen LogP contribution in [0.2, 0.25) is 0 Å². The van der Waals surface area contributed by atoms with Crippen LogP contribution in [0.4, 0.5) is 14.5 Å². The van der Waals surface area contributed by atoms with E-state index in [9.17, 15) is 9.50 Å². The molecule has 5 aromatic rings. The Morgan fingerprint density at radius 1 is 0.768 bits per heavy atom. The van der Waals surface area contributed by atoms with Gasteiger partial charge in [0.2, 0.25) is 0 Å². The van der Waals surface area contributed by atoms with Crippen molar-refractivity contribution in [2.45, 2.75) is 30.5 Å². The molecule has 5 aliphatic heterocycles. The number of phenolic OH excluding ortho intramolecular Hbond substituents is 1. The molecule has 0 bridgehead atoms. The number of benzene rings is 4. The Morgan fingerprint density at radius 2 is 1.41 bits per heavy atom. The molecule has 6 heterocycles. The second-order valence-electron chi connectivity index (χ2n) is 14.6. The number of hydrogen-bond acceptors (Lipinski definition) is 12. The molecular formula is C41H35BrF2N6O6. The lowest BCUT2D eigenvalue weighted by Gasteiger charge is -2.40. The van der Waals surface area contributed by atoms with Crippen LogP contribution < -0.4 is 25.8 Å². The molecule has 15 heteroatoms. The number of aromatic nitrogens is 1. The highest BCUT2D eigenvalue weighted by molar-refractivity contribution is 9.10. The van der Waals surface area contributed by atoms with Gasteiger partial charge < -0.3 is 45.2 Å². The molecule has 1 aromatic heterocycles. The first-order valence-electron chi connectivity index (χ1n) is 17.8. The number of nitrogens with two attached hydrogens (primary N) is 2. The predicted molar refractivity (Wildman–Crippen MR) is 207 cm³/mol. The number of morpholine rings is 1. The van der Waals surface area contributed by atoms with Gasteiger partial charge in [-0.25, -0.2) is 18.8 Å². The van der Waals surface area contributed by atoms with E-state index < -0.39 is 22.7 Å². The van der Waals surface area contributed by atoms with E-state index in [-0.39, 0.29) is 48.1 Å². The first-order valence-corrected chi connectivity index (χ1v) is 18.6. The highest BCUT2D eigenvalue weighted by Crippen LogP contribution is 2.55. The van der Waals surface area contributed by atoms with Crippen molar-refractivity contribution < 1.29 is 37.6 Å². The van der Waals surface area contributed by atoms with Gasteiger partial charge in [0.05, 0.1) is 12.2 Å². The predicted octanol–water partition coefficient (Wildman–Crippen LogP) is 7.19. The second-order valence-corrected chi connectivity index (χ2v) is 15.5. The number of aliphatic imine (C=N–C) groups is 2. The molecule has 0 amide bonds. The van der Waals surface area contributed by atoms with Crippen molar-refractivity contribution in [2.24, 2.45) is 21.5 Å². The Kier molecular flexibility index (Phi) is 8.36. The van der Waals surface area contributed by atoms with Crippen molar-refractivity contribution in [1.29, 1.82) is 0 Å². The number of rotatable bonds is 2. The Labute approximate surface area is 328 Å². The molecule has 2 atom stereocenters. The summed E-state index contributed by atoms with van der Waals surface area (Å²) in [4.78, 5) is 15.5. The monoisotopic (exact) mass is 824 g/mol. The van der Waals surface area contributed by atoms with Gasteiger partial charge >= 0.3 is 0 Å². The topological polar surface area (TPSA) is 159 Å². The molecule has 0 saturated carbocycles. The van der Waals surface area contributed by atoms with Gasteiger partial charge in [0.25, 0.3) is 12.0 Å². The zero-order valence-electron chi connectivity index (χ0n) is 30.2. The lowest BCUT2D eigenvalue weighted by Crippen LogP contribution is -2.48. The number of anilines is 1. The number of halogens is 3. The van der Waals surface area contributed by atoms with E-state index in [4.69, 9.17) is 40.1 Å². The van der Waals surface area contributed by atoms with Crippen LogP contribution in [0, 0.1) is 11.6 Å². The quantitative estimate of drug-likeness (QED) is 0.166. The minimum Gasteiger partial charge on any atom is -0.508 e. The number of phenols is 1. The molecule has 0 radical (unpaired) electrons. The molecule has 2 spiro atoms. The van der Waals surface area contributed by atoms with E-state index in [2.05, 4.69) is 30.8 Å². The molecule has 0 unspecified atom stereocenters. The molecule has 4 aromatic carbocycles. The van der Waals surface area contributed by atoms with Gasteiger partial charge in [-0.2, -0.15) is 0 Å². The van der Waals surface area contributed by atoms with E-state index >= 15 is 4.39 Å². The fourth-order valence-electron chi connectivity index (χ4n) is 7.89. The molecule has 12 nitrogen and oxygen atoms in total. The maximum absolute atomic E-state index is 15.5. The van der Waals surface area contributed by atoms with Gasteiger partial charge in [0.15, 0.2) is 34.2 Å². The smallest absolute Gasteiger partial charge is 0.283 e. The van der Waals surface area contributed by atoms with Crippen LogP contribution in [-0.4, -0.2) is 60.6 Å². The van der Waals surface area contributed by atoms with Crippen LogP contribution in [-0.2, 0) is 25.3 Å². The summed E-state index contributed by atoms with van der Waals surface area (Å²) in [5.41, 5.74) is 14.4. The van der Waals surface area contributed by atoms with Crippen molar-refractivity contribution >= 4 is 33.7 Å². The number of hydrogen-bond donors (Lipinski definition) is 3. The second kappa shape index (κ2) is 13.1. The van der Waals surface area contributed by atoms with Crippen LogP contribution in [0.15, 0.2) is 99.6 Å². The molecule has 286 valence electrons. The van der Waals surface area contributed by atoms with Crippen LogP contribution in [0.5, 0.6) is 28.7 Å². The number of amidine groups is 2. The summed E-state index contributed by atoms with van der Waals surface area (Å²) < 4.78 is 59.2. The SMILES string of the molecule is CC1(C)CN(c2cc(F)c3c(c2)[C@]2(COC(N)=N2)c2cc(-c4cccnc4)ccc2O3)CCO1.NC1=N[C@@]2(CO1)c1cc(Br)ccc1Oc1c(F)cc(O)cc12. The van der Waals surface area contributed by atoms with E-state index in [1.54, 1.807) is 24.5 Å². The summed E-state index contributed by atoms with van der Waals surface area (Å²) in [5, 5.41) is 9.76. The van der Waals surface area contributed by atoms with E-state index in [1.807, 2.05) is 56.3 Å². The maximum Gasteiger partial charge on any atom is 0.283 e. The fourth-order valence-corrected chi connectivity index (χ4v) is 8.25. The highest BCUT2D eigenvalue weighted by Gasteiger charge is 2.50. The molecule has 1 fully saturated rings. The normalized spacial score (nSPS) is 22.1. The zero-order chi connectivity index (χ0) is 39.0. The van der Waals surface area contributed by atoms with Crippen molar-refractivity contribution in [1.82, 2.24) is 4.98 Å². The molecule has 56 heavy (non-hydrogen) atoms. The fraction of sp³-hybridized carbons (Fsp3) is 0.244. The average Bonchev–Trinajstić information content (AvgIpc) is 3.76. The van der Waals surface area contributed by atoms with Crippen molar-refractivity contribution in [2.75, 3.05) is 37.8 Å². The van der Waals surface area contributed by atoms with Gasteiger partial charge in [-0.05, 0) is 67.9 Å². The summed E-state index contributed by atoms with van der Waals surface area (Å²) in [6, 6.07) is 21.0. The minimum absolute atomic E-state index is 0.0162. The standard InChI is InChI=1S/C26H25FN4O3.C15H10BrFN2O3/c1-25(2)14-31(8-9-33-25)18-11-20-23(21(27)12-18)34-22-6-5-16(17-4-3-7-29-13-17)10-19(22)26(20)15-32-24(28)30-26;16-7-1-2-12-9(3-7)15(6-21-14(18)19-15)10-4-8(20)5-11(17)13(10)22-12/h3-7,10-13H,8-9,14-15H2,1-2H3,(H2,28,30);1-5,20H,6H2,(H2,18,19)/t26-;15-/m00/s1. The first kappa shape index (κ1) is 35.8. The Hall–Kier alpha value is -5.93. The van der Waals surface area contributed by atoms with Crippen molar-refractivity contribution in [3.63, 3.8) is 0 Å². The number of fused-ring (bicyclic) bond motifs is 8.